The molecule has 1 aliphatic heterocycles. The van der Waals surface area contributed by atoms with Gasteiger partial charge in [-0.3, -0.25) is 14.5 Å². The zero-order valence-electron chi connectivity index (χ0n) is 15.3. The summed E-state index contributed by atoms with van der Waals surface area (Å²) in [5, 5.41) is 2.05. The molecule has 1 aliphatic rings. The Labute approximate surface area is 159 Å². The molecule has 2 aromatic rings. The number of hydrogen-bond donors (Lipinski definition) is 0. The van der Waals surface area contributed by atoms with Crippen molar-refractivity contribution < 1.29 is 9.59 Å². The fourth-order valence-corrected chi connectivity index (χ4v) is 3.93. The number of piperazine rings is 1. The van der Waals surface area contributed by atoms with Crippen LogP contribution in [-0.4, -0.2) is 54.2 Å². The highest BCUT2D eigenvalue weighted by Crippen LogP contribution is 2.13. The van der Waals surface area contributed by atoms with Crippen molar-refractivity contribution in [3.63, 3.8) is 0 Å². The Morgan fingerprint density at radius 1 is 1.04 bits per heavy atom. The van der Waals surface area contributed by atoms with E-state index in [1.54, 1.807) is 11.3 Å². The molecule has 0 radical (unpaired) electrons. The minimum Gasteiger partial charge on any atom is -0.340 e. The quantitative estimate of drug-likeness (QED) is 0.703. The van der Waals surface area contributed by atoms with Crippen LogP contribution in [0.25, 0.3) is 0 Å². The highest BCUT2D eigenvalue weighted by atomic mass is 32.1. The molecule has 0 spiro atoms. The maximum Gasteiger partial charge on any atom is 0.223 e. The Bertz CT molecular complexity index is 717. The van der Waals surface area contributed by atoms with Gasteiger partial charge in [0.1, 0.15) is 0 Å². The number of nitrogens with zero attached hydrogens (tertiary/aromatic N) is 2. The van der Waals surface area contributed by atoms with Crippen LogP contribution in [0.5, 0.6) is 0 Å². The highest BCUT2D eigenvalue weighted by molar-refractivity contribution is 7.09. The van der Waals surface area contributed by atoms with E-state index in [-0.39, 0.29) is 11.7 Å². The third-order valence-electron chi connectivity index (χ3n) is 4.94. The molecule has 0 N–H and O–H groups in total. The van der Waals surface area contributed by atoms with E-state index in [0.717, 1.165) is 31.5 Å². The number of benzene rings is 1. The lowest BCUT2D eigenvalue weighted by Gasteiger charge is -2.34. The van der Waals surface area contributed by atoms with Crippen molar-refractivity contribution >= 4 is 23.0 Å². The second kappa shape index (κ2) is 9.10. The predicted molar refractivity (Wildman–Crippen MR) is 106 cm³/mol. The topological polar surface area (TPSA) is 40.6 Å². The number of carbonyl (C=O) groups excluding carboxylic acids is 2. The van der Waals surface area contributed by atoms with Gasteiger partial charge >= 0.3 is 0 Å². The average Bonchev–Trinajstić information content (AvgIpc) is 3.20. The van der Waals surface area contributed by atoms with Gasteiger partial charge in [0.05, 0.1) is 6.54 Å². The molecular weight excluding hydrogens is 344 g/mol. The third kappa shape index (κ3) is 5.02. The van der Waals surface area contributed by atoms with Crippen LogP contribution in [0.4, 0.5) is 0 Å². The average molecular weight is 371 g/mol. The molecule has 3 rings (SSSR count). The highest BCUT2D eigenvalue weighted by Gasteiger charge is 2.22. The molecule has 0 unspecified atom stereocenters. The first-order chi connectivity index (χ1) is 12.7. The van der Waals surface area contributed by atoms with Crippen molar-refractivity contribution in [2.75, 3.05) is 32.7 Å². The number of thiophene rings is 1. The lowest BCUT2D eigenvalue weighted by molar-refractivity contribution is -0.132. The van der Waals surface area contributed by atoms with Gasteiger partial charge < -0.3 is 4.90 Å². The predicted octanol–water partition coefficient (Wildman–Crippen LogP) is 3.27. The number of amides is 1. The van der Waals surface area contributed by atoms with E-state index >= 15 is 0 Å². The van der Waals surface area contributed by atoms with Gasteiger partial charge in [-0.2, -0.15) is 0 Å². The number of rotatable bonds is 7. The summed E-state index contributed by atoms with van der Waals surface area (Å²) < 4.78 is 0. The van der Waals surface area contributed by atoms with E-state index < -0.39 is 0 Å². The second-order valence-electron chi connectivity index (χ2n) is 6.71. The summed E-state index contributed by atoms with van der Waals surface area (Å²) in [5.74, 6) is 0.379. The largest absolute Gasteiger partial charge is 0.340 e. The van der Waals surface area contributed by atoms with Gasteiger partial charge in [-0.25, -0.2) is 0 Å². The Morgan fingerprint density at radius 3 is 2.38 bits per heavy atom. The van der Waals surface area contributed by atoms with Crippen LogP contribution in [0.15, 0.2) is 41.8 Å². The molecule has 5 heteroatoms. The van der Waals surface area contributed by atoms with E-state index in [1.165, 1.54) is 10.4 Å². The van der Waals surface area contributed by atoms with Crippen molar-refractivity contribution in [3.8, 4) is 0 Å². The summed E-state index contributed by atoms with van der Waals surface area (Å²) in [6, 6.07) is 12.0. The van der Waals surface area contributed by atoms with Crippen LogP contribution in [-0.2, 0) is 17.6 Å². The first kappa shape index (κ1) is 18.8. The minimum atomic E-state index is 0.158. The van der Waals surface area contributed by atoms with Gasteiger partial charge in [-0.05, 0) is 29.9 Å². The summed E-state index contributed by atoms with van der Waals surface area (Å²) in [4.78, 5) is 30.1. The summed E-state index contributed by atoms with van der Waals surface area (Å²) >= 11 is 1.70. The monoisotopic (exact) mass is 370 g/mol. The van der Waals surface area contributed by atoms with Crippen LogP contribution >= 0.6 is 11.3 Å². The first-order valence-electron chi connectivity index (χ1n) is 9.30. The number of hydrogen-bond acceptors (Lipinski definition) is 4. The molecule has 1 fully saturated rings. The SMILES string of the molecule is CCc1ccc(C(=O)CN2CCN(C(=O)CCc3cccs3)CC2)cc1. The lowest BCUT2D eigenvalue weighted by Crippen LogP contribution is -2.49. The number of Topliss-reactive ketones (excluding diaryl/α,β-unsaturated/α-hetero) is 1. The summed E-state index contributed by atoms with van der Waals surface area (Å²) in [5.41, 5.74) is 2.02. The van der Waals surface area contributed by atoms with Gasteiger partial charge in [-0.15, -0.1) is 11.3 Å². The van der Waals surface area contributed by atoms with Crippen molar-refractivity contribution in [1.82, 2.24) is 9.80 Å². The molecule has 0 bridgehead atoms. The van der Waals surface area contributed by atoms with Crippen LogP contribution in [0.2, 0.25) is 0 Å². The first-order valence-corrected chi connectivity index (χ1v) is 10.2. The molecule has 1 amide bonds. The fraction of sp³-hybridized carbons (Fsp3) is 0.429. The zero-order valence-corrected chi connectivity index (χ0v) is 16.1. The molecule has 1 aromatic heterocycles. The van der Waals surface area contributed by atoms with Crippen LogP contribution in [0, 0.1) is 0 Å². The Hall–Kier alpha value is -1.98. The van der Waals surface area contributed by atoms with E-state index in [1.807, 2.05) is 40.6 Å². The molecule has 0 saturated carbocycles. The second-order valence-corrected chi connectivity index (χ2v) is 7.74. The standard InChI is InChI=1S/C21H26N2O2S/c1-2-17-5-7-18(8-6-17)20(24)16-22-11-13-23(14-12-22)21(25)10-9-19-4-3-15-26-19/h3-8,15H,2,9-14,16H2,1H3. The molecular formula is C21H26N2O2S. The molecule has 1 aromatic carbocycles. The van der Waals surface area contributed by atoms with E-state index in [0.29, 0.717) is 26.1 Å². The van der Waals surface area contributed by atoms with E-state index in [2.05, 4.69) is 17.9 Å². The maximum atomic E-state index is 12.4. The van der Waals surface area contributed by atoms with Crippen LogP contribution in [0.3, 0.4) is 0 Å². The van der Waals surface area contributed by atoms with Crippen molar-refractivity contribution in [3.05, 3.63) is 57.8 Å². The zero-order chi connectivity index (χ0) is 18.4. The van der Waals surface area contributed by atoms with Gasteiger partial charge in [-0.1, -0.05) is 37.3 Å². The number of aryl methyl sites for hydroxylation is 2. The molecule has 2 heterocycles. The molecule has 1 saturated heterocycles. The van der Waals surface area contributed by atoms with Gasteiger partial charge in [0.2, 0.25) is 5.91 Å². The Morgan fingerprint density at radius 2 is 1.77 bits per heavy atom. The maximum absolute atomic E-state index is 12.4. The molecule has 138 valence electrons. The fourth-order valence-electron chi connectivity index (χ4n) is 3.22. The van der Waals surface area contributed by atoms with Crippen molar-refractivity contribution in [2.45, 2.75) is 26.2 Å². The molecule has 4 nitrogen and oxygen atoms in total. The summed E-state index contributed by atoms with van der Waals surface area (Å²) in [7, 11) is 0. The minimum absolute atomic E-state index is 0.158. The van der Waals surface area contributed by atoms with Gasteiger partial charge in [0.15, 0.2) is 5.78 Å². The third-order valence-corrected chi connectivity index (χ3v) is 5.88. The Kier molecular flexibility index (Phi) is 6.58. The molecule has 26 heavy (non-hydrogen) atoms. The number of ketones is 1. The normalized spacial score (nSPS) is 15.2. The van der Waals surface area contributed by atoms with E-state index in [9.17, 15) is 9.59 Å². The van der Waals surface area contributed by atoms with Crippen LogP contribution in [0.1, 0.15) is 34.1 Å². The van der Waals surface area contributed by atoms with Gasteiger partial charge in [0, 0.05) is 43.0 Å². The summed E-state index contributed by atoms with van der Waals surface area (Å²) in [6.45, 7) is 5.50. The van der Waals surface area contributed by atoms with Crippen LogP contribution < -0.4 is 0 Å². The van der Waals surface area contributed by atoms with Gasteiger partial charge in [0.25, 0.3) is 0 Å². The van der Waals surface area contributed by atoms with E-state index in [4.69, 9.17) is 0 Å². The smallest absolute Gasteiger partial charge is 0.223 e. The Balaban J connectivity index is 1.42. The number of carbonyl (C=O) groups is 2. The summed E-state index contributed by atoms with van der Waals surface area (Å²) in [6.07, 6.45) is 2.38. The van der Waals surface area contributed by atoms with Crippen molar-refractivity contribution in [2.24, 2.45) is 0 Å². The molecule has 0 atom stereocenters. The van der Waals surface area contributed by atoms with Crippen molar-refractivity contribution in [1.29, 1.82) is 0 Å². The molecule has 0 aliphatic carbocycles. The lowest BCUT2D eigenvalue weighted by atomic mass is 10.1.